The summed E-state index contributed by atoms with van der Waals surface area (Å²) >= 11 is 5.79. The highest BCUT2D eigenvalue weighted by atomic mass is 32.2. The summed E-state index contributed by atoms with van der Waals surface area (Å²) in [5.41, 5.74) is 1.03. The molecule has 0 unspecified atom stereocenters. The molecule has 0 fully saturated rings. The number of thiol groups is 1. The topological polar surface area (TPSA) is 37.4 Å². The van der Waals surface area contributed by atoms with Crippen molar-refractivity contribution in [3.8, 4) is 10.4 Å². The van der Waals surface area contributed by atoms with Crippen molar-refractivity contribution in [1.82, 2.24) is 4.31 Å². The van der Waals surface area contributed by atoms with Gasteiger partial charge >= 0.3 is 0 Å². The normalized spacial score (nSPS) is 13.6. The lowest BCUT2D eigenvalue weighted by atomic mass is 10.2. The third kappa shape index (κ3) is 3.09. The summed E-state index contributed by atoms with van der Waals surface area (Å²) in [6, 6.07) is 10.9. The first-order chi connectivity index (χ1) is 9.46. The van der Waals surface area contributed by atoms with Crippen LogP contribution in [0.2, 0.25) is 0 Å². The summed E-state index contributed by atoms with van der Waals surface area (Å²) in [4.78, 5) is 1.44. The zero-order valence-electron chi connectivity index (χ0n) is 11.4. The van der Waals surface area contributed by atoms with Gasteiger partial charge in [0.05, 0.1) is 4.90 Å². The minimum atomic E-state index is -3.45. The number of hydrogen-bond acceptors (Lipinski definition) is 4. The van der Waals surface area contributed by atoms with E-state index in [2.05, 4.69) is 12.6 Å². The monoisotopic (exact) mass is 327 g/mol. The Morgan fingerprint density at radius 1 is 1.25 bits per heavy atom. The average molecular weight is 327 g/mol. The Morgan fingerprint density at radius 2 is 1.90 bits per heavy atom. The van der Waals surface area contributed by atoms with Crippen molar-refractivity contribution in [3.63, 3.8) is 0 Å². The van der Waals surface area contributed by atoms with Crippen molar-refractivity contribution >= 4 is 34.0 Å². The van der Waals surface area contributed by atoms with Gasteiger partial charge in [-0.15, -0.1) is 11.3 Å². The van der Waals surface area contributed by atoms with E-state index in [0.29, 0.717) is 10.6 Å². The number of nitrogens with zero attached hydrogens (tertiary/aromatic N) is 1. The van der Waals surface area contributed by atoms with E-state index in [9.17, 15) is 8.42 Å². The molecule has 0 amide bonds. The first-order valence-electron chi connectivity index (χ1n) is 6.19. The Hall–Kier alpha value is -0.820. The average Bonchev–Trinajstić information content (AvgIpc) is 3.00. The first kappa shape index (κ1) is 15.6. The maximum atomic E-state index is 12.4. The molecule has 0 aliphatic carbocycles. The lowest BCUT2D eigenvalue weighted by Crippen LogP contribution is -2.36. The van der Waals surface area contributed by atoms with E-state index in [1.807, 2.05) is 36.6 Å². The number of benzene rings is 1. The van der Waals surface area contributed by atoms with E-state index in [1.54, 1.807) is 30.5 Å². The van der Waals surface area contributed by atoms with E-state index < -0.39 is 10.0 Å². The molecule has 108 valence electrons. The summed E-state index contributed by atoms with van der Waals surface area (Å²) in [5.74, 6) is 0.489. The molecule has 0 N–H and O–H groups in total. The Bertz CT molecular complexity index is 648. The molecule has 0 saturated carbocycles. The van der Waals surface area contributed by atoms with Gasteiger partial charge in [-0.2, -0.15) is 16.9 Å². The molecule has 2 rings (SSSR count). The largest absolute Gasteiger partial charge is 0.243 e. The van der Waals surface area contributed by atoms with Crippen LogP contribution in [0.4, 0.5) is 0 Å². The van der Waals surface area contributed by atoms with Crippen LogP contribution >= 0.6 is 24.0 Å². The summed E-state index contributed by atoms with van der Waals surface area (Å²) < 4.78 is 26.2. The molecule has 0 aliphatic rings. The zero-order valence-corrected chi connectivity index (χ0v) is 13.9. The second kappa shape index (κ2) is 6.30. The van der Waals surface area contributed by atoms with Crippen LogP contribution < -0.4 is 0 Å². The number of rotatable bonds is 5. The Balaban J connectivity index is 2.30. The van der Waals surface area contributed by atoms with Gasteiger partial charge in [-0.3, -0.25) is 0 Å². The first-order valence-corrected chi connectivity index (χ1v) is 9.15. The predicted molar refractivity (Wildman–Crippen MR) is 88.0 cm³/mol. The van der Waals surface area contributed by atoms with Gasteiger partial charge in [-0.25, -0.2) is 8.42 Å². The molecule has 0 radical (unpaired) electrons. The van der Waals surface area contributed by atoms with Crippen molar-refractivity contribution in [3.05, 3.63) is 41.8 Å². The van der Waals surface area contributed by atoms with Crippen LogP contribution in [0.25, 0.3) is 10.4 Å². The molecular weight excluding hydrogens is 310 g/mol. The van der Waals surface area contributed by atoms with E-state index in [4.69, 9.17) is 0 Å². The maximum Gasteiger partial charge on any atom is 0.243 e. The second-order valence-electron chi connectivity index (χ2n) is 4.55. The Kier molecular flexibility index (Phi) is 4.90. The molecule has 2 aromatic rings. The molecule has 1 aromatic carbocycles. The van der Waals surface area contributed by atoms with Gasteiger partial charge in [0.25, 0.3) is 0 Å². The van der Waals surface area contributed by atoms with E-state index in [0.717, 1.165) is 10.4 Å². The number of hydrogen-bond donors (Lipinski definition) is 1. The summed E-state index contributed by atoms with van der Waals surface area (Å²) in [7, 11) is -1.86. The van der Waals surface area contributed by atoms with Gasteiger partial charge in [0.2, 0.25) is 10.0 Å². The summed E-state index contributed by atoms with van der Waals surface area (Å²) in [6.45, 7) is 1.84. The lowest BCUT2D eigenvalue weighted by Gasteiger charge is -2.22. The van der Waals surface area contributed by atoms with E-state index in [-0.39, 0.29) is 6.04 Å². The third-order valence-electron chi connectivity index (χ3n) is 3.22. The smallest absolute Gasteiger partial charge is 0.207 e. The summed E-state index contributed by atoms with van der Waals surface area (Å²) in [5, 5.41) is 2.00. The van der Waals surface area contributed by atoms with Gasteiger partial charge in [0, 0.05) is 23.7 Å². The highest BCUT2D eigenvalue weighted by Crippen LogP contribution is 2.26. The minimum absolute atomic E-state index is 0.139. The van der Waals surface area contributed by atoms with Crippen LogP contribution in [-0.2, 0) is 10.0 Å². The fourth-order valence-corrected chi connectivity index (χ4v) is 4.20. The van der Waals surface area contributed by atoms with Crippen LogP contribution in [0, 0.1) is 0 Å². The molecular formula is C14H17NO2S3. The quantitative estimate of drug-likeness (QED) is 0.855. The van der Waals surface area contributed by atoms with Crippen LogP contribution in [-0.4, -0.2) is 31.6 Å². The molecule has 3 nitrogen and oxygen atoms in total. The van der Waals surface area contributed by atoms with Crippen molar-refractivity contribution in [2.45, 2.75) is 17.9 Å². The molecule has 0 saturated heterocycles. The highest BCUT2D eigenvalue weighted by Gasteiger charge is 2.24. The van der Waals surface area contributed by atoms with Gasteiger partial charge in [-0.1, -0.05) is 18.2 Å². The van der Waals surface area contributed by atoms with Crippen LogP contribution in [0.3, 0.4) is 0 Å². The molecule has 0 aliphatic heterocycles. The third-order valence-corrected chi connectivity index (χ3v) is 6.66. The minimum Gasteiger partial charge on any atom is -0.207 e. The second-order valence-corrected chi connectivity index (χ2v) is 7.86. The molecule has 0 bridgehead atoms. The molecule has 20 heavy (non-hydrogen) atoms. The number of thiophene rings is 1. The van der Waals surface area contributed by atoms with Crippen molar-refractivity contribution in [2.24, 2.45) is 0 Å². The van der Waals surface area contributed by atoms with Crippen molar-refractivity contribution in [1.29, 1.82) is 0 Å². The fraction of sp³-hybridized carbons (Fsp3) is 0.286. The predicted octanol–water partition coefficient (Wildman–Crippen LogP) is 3.35. The van der Waals surface area contributed by atoms with Gasteiger partial charge < -0.3 is 0 Å². The van der Waals surface area contributed by atoms with Crippen LogP contribution in [0.15, 0.2) is 46.7 Å². The zero-order chi connectivity index (χ0) is 14.8. The number of sulfonamides is 1. The Labute approximate surface area is 129 Å². The molecule has 0 spiro atoms. The highest BCUT2D eigenvalue weighted by molar-refractivity contribution is 7.89. The van der Waals surface area contributed by atoms with Crippen molar-refractivity contribution in [2.75, 3.05) is 12.8 Å². The van der Waals surface area contributed by atoms with Crippen LogP contribution in [0.1, 0.15) is 6.92 Å². The molecule has 6 heteroatoms. The molecule has 1 aromatic heterocycles. The van der Waals surface area contributed by atoms with E-state index in [1.165, 1.54) is 4.31 Å². The van der Waals surface area contributed by atoms with Gasteiger partial charge in [-0.05, 0) is 36.1 Å². The maximum absolute atomic E-state index is 12.4. The lowest BCUT2D eigenvalue weighted by molar-refractivity contribution is 0.415. The van der Waals surface area contributed by atoms with E-state index >= 15 is 0 Å². The summed E-state index contributed by atoms with van der Waals surface area (Å²) in [6.07, 6.45) is 0. The van der Waals surface area contributed by atoms with Crippen molar-refractivity contribution < 1.29 is 8.42 Å². The SMILES string of the molecule is C[C@H](CS)N(C)S(=O)(=O)c1ccc(-c2cccs2)cc1. The van der Waals surface area contributed by atoms with Gasteiger partial charge in [0.1, 0.15) is 0 Å². The fourth-order valence-electron chi connectivity index (χ4n) is 1.75. The van der Waals surface area contributed by atoms with Gasteiger partial charge in [0.15, 0.2) is 0 Å². The molecule has 1 heterocycles. The van der Waals surface area contributed by atoms with Crippen LogP contribution in [0.5, 0.6) is 0 Å². The standard InChI is InChI=1S/C14H17NO2S3/c1-11(10-18)15(2)20(16,17)13-7-5-12(6-8-13)14-4-3-9-19-14/h3-9,11,18H,10H2,1-2H3/t11-/m1/s1. The molecule has 1 atom stereocenters. The Morgan fingerprint density at radius 3 is 2.40 bits per heavy atom.